The summed E-state index contributed by atoms with van der Waals surface area (Å²) in [7, 11) is -5.29. The van der Waals surface area contributed by atoms with E-state index in [1.165, 1.54) is 18.6 Å². The Morgan fingerprint density at radius 1 is 1.21 bits per heavy atom. The molecule has 19 heteroatoms. The number of sulfonamides is 1. The molecular weight excluding hydrogens is 688 g/mol. The fraction of sp³-hybridized carbons (Fsp3) is 0.571. The van der Waals surface area contributed by atoms with E-state index in [0.29, 0.717) is 23.8 Å². The molecule has 2 aromatic heterocycles. The molecule has 0 radical (unpaired) electrons. The molecule has 3 aromatic rings. The van der Waals surface area contributed by atoms with E-state index in [1.807, 2.05) is 0 Å². The minimum Gasteiger partial charge on any atom is -0.481 e. The van der Waals surface area contributed by atoms with Gasteiger partial charge in [0.2, 0.25) is 27.7 Å². The highest BCUT2D eigenvalue weighted by Gasteiger charge is 2.42. The van der Waals surface area contributed by atoms with Crippen LogP contribution in [0.5, 0.6) is 0 Å². The van der Waals surface area contributed by atoms with E-state index >= 15 is 4.39 Å². The zero-order valence-corrected chi connectivity index (χ0v) is 26.7. The summed E-state index contributed by atoms with van der Waals surface area (Å²) in [5.41, 5.74) is -3.35. The van der Waals surface area contributed by atoms with Crippen LogP contribution in [0.25, 0.3) is 21.3 Å². The maximum absolute atomic E-state index is 15.7. The number of hydrogen-bond donors (Lipinski definition) is 2. The topological polar surface area (TPSA) is 135 Å². The first-order valence-electron chi connectivity index (χ1n) is 14.3. The molecule has 4 rings (SSSR count). The van der Waals surface area contributed by atoms with E-state index < -0.39 is 86.6 Å². The number of aromatic nitrogens is 3. The molecule has 1 fully saturated rings. The maximum atomic E-state index is 15.7. The van der Waals surface area contributed by atoms with Crippen molar-refractivity contribution in [2.45, 2.75) is 95.2 Å². The quantitative estimate of drug-likeness (QED) is 0.183. The van der Waals surface area contributed by atoms with Crippen LogP contribution >= 0.6 is 11.3 Å². The number of halogens is 8. The van der Waals surface area contributed by atoms with Gasteiger partial charge in [-0.25, -0.2) is 35.4 Å². The van der Waals surface area contributed by atoms with E-state index in [0.717, 1.165) is 13.0 Å². The predicted molar refractivity (Wildman–Crippen MR) is 152 cm³/mol. The molecule has 0 amide bonds. The lowest BCUT2D eigenvalue weighted by Crippen LogP contribution is -2.45. The van der Waals surface area contributed by atoms with Crippen LogP contribution < -0.4 is 4.72 Å². The summed E-state index contributed by atoms with van der Waals surface area (Å²) in [5, 5.41) is 13.1. The molecule has 1 unspecified atom stereocenters. The van der Waals surface area contributed by atoms with Crippen molar-refractivity contribution < 1.29 is 58.0 Å². The van der Waals surface area contributed by atoms with Crippen LogP contribution in [-0.2, 0) is 27.7 Å². The number of hydrogen-bond acceptors (Lipinski definition) is 8. The molecule has 1 aliphatic carbocycles. The Labute approximate surface area is 267 Å². The van der Waals surface area contributed by atoms with Gasteiger partial charge < -0.3 is 9.63 Å². The van der Waals surface area contributed by atoms with Crippen LogP contribution in [0.15, 0.2) is 21.6 Å². The molecule has 9 nitrogen and oxygen atoms in total. The van der Waals surface area contributed by atoms with E-state index in [4.69, 9.17) is 4.52 Å². The van der Waals surface area contributed by atoms with Gasteiger partial charge in [0.15, 0.2) is 10.8 Å². The van der Waals surface area contributed by atoms with Crippen LogP contribution in [0, 0.1) is 17.2 Å². The van der Waals surface area contributed by atoms with Crippen molar-refractivity contribution >= 4 is 27.3 Å². The number of nitrogens with zero attached hydrogens (tertiary/aromatic N) is 3. The van der Waals surface area contributed by atoms with Crippen molar-refractivity contribution in [3.63, 3.8) is 0 Å². The number of alkyl halides is 7. The number of carboxylic acid groups (broad SMARTS) is 1. The Kier molecular flexibility index (Phi) is 10.4. The highest BCUT2D eigenvalue weighted by Crippen LogP contribution is 2.45. The third-order valence-corrected chi connectivity index (χ3v) is 10.4. The monoisotopic (exact) mass is 718 g/mol. The normalized spacial score (nSPS) is 18.1. The summed E-state index contributed by atoms with van der Waals surface area (Å²) in [6.45, 7) is 3.84. The first kappa shape index (κ1) is 36.6. The largest absolute Gasteiger partial charge is 0.481 e. The molecule has 47 heavy (non-hydrogen) atoms. The molecule has 2 N–H and O–H groups in total. The Bertz CT molecular complexity index is 1720. The second-order valence-corrected chi connectivity index (χ2v) is 14.6. The lowest BCUT2D eigenvalue weighted by Gasteiger charge is -2.28. The van der Waals surface area contributed by atoms with Crippen LogP contribution in [-0.4, -0.2) is 52.8 Å². The summed E-state index contributed by atoms with van der Waals surface area (Å²) in [5.74, 6) is -7.12. The van der Waals surface area contributed by atoms with Crippen molar-refractivity contribution in [2.24, 2.45) is 11.3 Å². The Hall–Kier alpha value is -3.19. The molecule has 0 spiro atoms. The van der Waals surface area contributed by atoms with Gasteiger partial charge in [0.05, 0.1) is 21.5 Å². The summed E-state index contributed by atoms with van der Waals surface area (Å²) < 4.78 is 145. The number of thiazole rings is 1. The lowest BCUT2D eigenvalue weighted by molar-refractivity contribution is -0.151. The summed E-state index contributed by atoms with van der Waals surface area (Å²) >= 11 is 0.649. The van der Waals surface area contributed by atoms with Crippen LogP contribution in [0.3, 0.4) is 0 Å². The zero-order chi connectivity index (χ0) is 35.1. The Morgan fingerprint density at radius 3 is 2.47 bits per heavy atom. The molecular formula is C28H30F8N4O5S2. The highest BCUT2D eigenvalue weighted by molar-refractivity contribution is 7.89. The minimum absolute atomic E-state index is 0.0249. The van der Waals surface area contributed by atoms with Gasteiger partial charge >= 0.3 is 12.1 Å². The molecule has 2 heterocycles. The summed E-state index contributed by atoms with van der Waals surface area (Å²) in [4.78, 5) is 18.4. The van der Waals surface area contributed by atoms with E-state index in [9.17, 15) is 49.1 Å². The van der Waals surface area contributed by atoms with E-state index in [2.05, 4.69) is 15.1 Å². The summed E-state index contributed by atoms with van der Waals surface area (Å²) in [6.07, 6.45) is -10.2. The molecule has 0 aliphatic heterocycles. The van der Waals surface area contributed by atoms with Gasteiger partial charge in [-0.15, -0.1) is 11.3 Å². The number of rotatable bonds is 12. The van der Waals surface area contributed by atoms with Gasteiger partial charge in [-0.3, -0.25) is 4.79 Å². The van der Waals surface area contributed by atoms with Gasteiger partial charge in [-0.2, -0.15) is 22.9 Å². The fourth-order valence-corrected chi connectivity index (χ4v) is 7.66. The highest BCUT2D eigenvalue weighted by atomic mass is 32.2. The van der Waals surface area contributed by atoms with E-state index in [1.54, 1.807) is 0 Å². The molecule has 0 saturated heterocycles. The summed E-state index contributed by atoms with van der Waals surface area (Å²) in [6, 6.07) is -1.28. The van der Waals surface area contributed by atoms with Gasteiger partial charge in [-0.1, -0.05) is 18.1 Å². The van der Waals surface area contributed by atoms with Crippen LogP contribution in [0.2, 0.25) is 0 Å². The van der Waals surface area contributed by atoms with Crippen molar-refractivity contribution in [1.29, 1.82) is 0 Å². The SMILES string of the molecule is CC[C@H](NS(=O)(=O)c1ccc(-c2sc(-c3noc(CC(C)(C)C(=O)O)n3)nc2CC2CCCC(F)(F)C2)c(C(F)F)c1F)C(F)(F)F. The molecule has 0 bridgehead atoms. The molecule has 1 saturated carbocycles. The second kappa shape index (κ2) is 13.4. The van der Waals surface area contributed by atoms with E-state index in [-0.39, 0.29) is 53.0 Å². The number of aliphatic carboxylic acids is 1. The van der Waals surface area contributed by atoms with Gasteiger partial charge in [-0.05, 0) is 51.5 Å². The van der Waals surface area contributed by atoms with Crippen molar-refractivity contribution in [3.8, 4) is 21.3 Å². The van der Waals surface area contributed by atoms with Gasteiger partial charge in [0.1, 0.15) is 10.9 Å². The van der Waals surface area contributed by atoms with Crippen LogP contribution in [0.4, 0.5) is 35.1 Å². The Balaban J connectivity index is 1.83. The molecule has 2 atom stereocenters. The molecule has 260 valence electrons. The van der Waals surface area contributed by atoms with Crippen molar-refractivity contribution in [1.82, 2.24) is 19.8 Å². The molecule has 1 aromatic carbocycles. The third-order valence-electron chi connectivity index (χ3n) is 7.75. The number of carboxylic acids is 1. The minimum atomic E-state index is -5.29. The third kappa shape index (κ3) is 8.28. The van der Waals surface area contributed by atoms with Gasteiger partial charge in [0, 0.05) is 24.8 Å². The van der Waals surface area contributed by atoms with Crippen molar-refractivity contribution in [2.75, 3.05) is 0 Å². The number of carbonyl (C=O) groups is 1. The lowest BCUT2D eigenvalue weighted by atomic mass is 9.83. The predicted octanol–water partition coefficient (Wildman–Crippen LogP) is 7.58. The first-order valence-corrected chi connectivity index (χ1v) is 16.6. The van der Waals surface area contributed by atoms with Gasteiger partial charge in [0.25, 0.3) is 6.43 Å². The molecule has 1 aliphatic rings. The first-order chi connectivity index (χ1) is 21.6. The second-order valence-electron chi connectivity index (χ2n) is 12.0. The van der Waals surface area contributed by atoms with Crippen molar-refractivity contribution in [3.05, 3.63) is 35.1 Å². The maximum Gasteiger partial charge on any atom is 0.404 e. The smallest absolute Gasteiger partial charge is 0.404 e. The number of nitrogens with one attached hydrogen (secondary N) is 1. The number of benzene rings is 1. The average molecular weight is 719 g/mol. The Morgan fingerprint density at radius 2 is 1.89 bits per heavy atom. The standard InChI is InChI=1S/C28H30F8N4O5S2/c1-4-17(28(34,35)36)40-47(43,44)16-8-7-14(19(20(16)29)22(30)31)21-15(10-13-6-5-9-27(32,33)11-13)37-24(46-21)23-38-18(45-39-23)12-26(2,3)25(41)42/h7-8,13,17,22,40H,4-6,9-12H2,1-3H3,(H,41,42)/t13?,17-/m0/s1. The fourth-order valence-electron chi connectivity index (χ4n) is 5.21. The van der Waals surface area contributed by atoms with Crippen LogP contribution in [0.1, 0.15) is 76.4 Å². The average Bonchev–Trinajstić information content (AvgIpc) is 3.56. The zero-order valence-electron chi connectivity index (χ0n) is 25.1.